The predicted molar refractivity (Wildman–Crippen MR) is 133 cm³/mol. The largest absolute Gasteiger partial charge is 0.462 e. The molecule has 4 rings (SSSR count). The number of rotatable bonds is 8. The van der Waals surface area contributed by atoms with Crippen molar-refractivity contribution in [2.45, 2.75) is 33.1 Å². The van der Waals surface area contributed by atoms with Crippen molar-refractivity contribution in [3.05, 3.63) is 89.6 Å². The monoisotopic (exact) mass is 450 g/mol. The molecule has 0 saturated heterocycles. The highest BCUT2D eigenvalue weighted by molar-refractivity contribution is 6.06. The van der Waals surface area contributed by atoms with Crippen molar-refractivity contribution in [2.24, 2.45) is 0 Å². The van der Waals surface area contributed by atoms with E-state index in [-0.39, 0.29) is 0 Å². The fourth-order valence-electron chi connectivity index (χ4n) is 3.83. The molecule has 0 spiro atoms. The highest BCUT2D eigenvalue weighted by Crippen LogP contribution is 2.35. The van der Waals surface area contributed by atoms with E-state index in [9.17, 15) is 10.1 Å². The molecule has 0 saturated carbocycles. The smallest absolute Gasteiger partial charge is 0.342 e. The quantitative estimate of drug-likeness (QED) is 0.212. The van der Waals surface area contributed by atoms with Crippen molar-refractivity contribution in [2.75, 3.05) is 6.61 Å². The van der Waals surface area contributed by atoms with E-state index < -0.39 is 5.97 Å². The van der Waals surface area contributed by atoms with Gasteiger partial charge in [0.05, 0.1) is 29.5 Å². The van der Waals surface area contributed by atoms with Gasteiger partial charge in [-0.15, -0.1) is 0 Å². The number of nitriles is 1. The lowest BCUT2D eigenvalue weighted by atomic mass is 10.0. The molecule has 34 heavy (non-hydrogen) atoms. The summed E-state index contributed by atoms with van der Waals surface area (Å²) in [7, 11) is 0. The molecule has 170 valence electrons. The molecule has 0 aliphatic heterocycles. The highest BCUT2D eigenvalue weighted by atomic mass is 16.5. The number of nitrogens with zero attached hydrogens (tertiary/aromatic N) is 2. The molecule has 0 bridgehead atoms. The summed E-state index contributed by atoms with van der Waals surface area (Å²) in [6.07, 6.45) is 2.34. The topological polar surface area (TPSA) is 72.2 Å². The average molecular weight is 451 g/mol. The minimum absolute atomic E-state index is 0.361. The number of unbranched alkanes of at least 4 members (excludes halogenated alkanes) is 1. The molecule has 1 aromatic heterocycles. The normalized spacial score (nSPS) is 10.6. The SMILES string of the molecule is CCCCOC(=O)c1c(Oc2ccc(-c3ccccc3C#N)cc2)c(CC)nc2ccccc12. The molecule has 1 heterocycles. The van der Waals surface area contributed by atoms with E-state index >= 15 is 0 Å². The van der Waals surface area contributed by atoms with Gasteiger partial charge in [-0.3, -0.25) is 0 Å². The average Bonchev–Trinajstić information content (AvgIpc) is 2.88. The zero-order chi connectivity index (χ0) is 23.9. The van der Waals surface area contributed by atoms with Crippen molar-refractivity contribution in [1.82, 2.24) is 4.98 Å². The van der Waals surface area contributed by atoms with Crippen molar-refractivity contribution in [1.29, 1.82) is 5.26 Å². The number of aryl methyl sites for hydroxylation is 1. The number of aromatic nitrogens is 1. The van der Waals surface area contributed by atoms with Gasteiger partial charge in [-0.2, -0.15) is 5.26 Å². The number of hydrogen-bond acceptors (Lipinski definition) is 5. The maximum atomic E-state index is 13.2. The summed E-state index contributed by atoms with van der Waals surface area (Å²) < 4.78 is 11.9. The van der Waals surface area contributed by atoms with E-state index in [2.05, 4.69) is 13.0 Å². The number of esters is 1. The second-order valence-electron chi connectivity index (χ2n) is 7.91. The zero-order valence-electron chi connectivity index (χ0n) is 19.4. The lowest BCUT2D eigenvalue weighted by Crippen LogP contribution is -2.11. The van der Waals surface area contributed by atoms with E-state index in [4.69, 9.17) is 14.5 Å². The van der Waals surface area contributed by atoms with Crippen LogP contribution in [0.1, 0.15) is 48.3 Å². The summed E-state index contributed by atoms with van der Waals surface area (Å²) in [4.78, 5) is 17.9. The Hall–Kier alpha value is -4.17. The lowest BCUT2D eigenvalue weighted by Gasteiger charge is -2.17. The first-order chi connectivity index (χ1) is 16.7. The van der Waals surface area contributed by atoms with Crippen molar-refractivity contribution < 1.29 is 14.3 Å². The van der Waals surface area contributed by atoms with Crippen LogP contribution in [-0.2, 0) is 11.2 Å². The van der Waals surface area contributed by atoms with Crippen LogP contribution in [0.3, 0.4) is 0 Å². The Bertz CT molecular complexity index is 1350. The van der Waals surface area contributed by atoms with Gasteiger partial charge in [0.2, 0.25) is 0 Å². The molecule has 0 atom stereocenters. The predicted octanol–water partition coefficient (Wildman–Crippen LogP) is 7.09. The molecule has 0 radical (unpaired) electrons. The van der Waals surface area contributed by atoms with Gasteiger partial charge in [-0.1, -0.05) is 68.8 Å². The molecule has 4 aromatic rings. The Labute approximate surface area is 199 Å². The van der Waals surface area contributed by atoms with Crippen LogP contribution in [0.25, 0.3) is 22.0 Å². The Balaban J connectivity index is 1.74. The third-order valence-corrected chi connectivity index (χ3v) is 5.62. The molecule has 3 aromatic carbocycles. The van der Waals surface area contributed by atoms with Gasteiger partial charge < -0.3 is 9.47 Å². The van der Waals surface area contributed by atoms with Crippen molar-refractivity contribution >= 4 is 16.9 Å². The fourth-order valence-corrected chi connectivity index (χ4v) is 3.83. The highest BCUT2D eigenvalue weighted by Gasteiger charge is 2.23. The Morgan fingerprint density at radius 2 is 1.71 bits per heavy atom. The minimum Gasteiger partial charge on any atom is -0.462 e. The first-order valence-electron chi connectivity index (χ1n) is 11.5. The van der Waals surface area contributed by atoms with Gasteiger partial charge in [0.15, 0.2) is 5.75 Å². The van der Waals surface area contributed by atoms with Crippen LogP contribution in [-0.4, -0.2) is 17.6 Å². The number of hydrogen-bond donors (Lipinski definition) is 0. The first kappa shape index (κ1) is 23.0. The number of benzene rings is 3. The number of para-hydroxylation sites is 1. The van der Waals surface area contributed by atoms with Crippen molar-refractivity contribution in [3.8, 4) is 28.7 Å². The Kier molecular flexibility index (Phi) is 7.19. The van der Waals surface area contributed by atoms with E-state index in [1.54, 1.807) is 6.07 Å². The molecule has 0 aliphatic carbocycles. The molecule has 5 heteroatoms. The van der Waals surface area contributed by atoms with Crippen molar-refractivity contribution in [3.63, 3.8) is 0 Å². The number of carbonyl (C=O) groups is 1. The summed E-state index contributed by atoms with van der Waals surface area (Å²) >= 11 is 0. The summed E-state index contributed by atoms with van der Waals surface area (Å²) in [5.41, 5.74) is 4.21. The molecule has 5 nitrogen and oxygen atoms in total. The lowest BCUT2D eigenvalue weighted by molar-refractivity contribution is 0.0499. The summed E-state index contributed by atoms with van der Waals surface area (Å²) in [5.74, 6) is 0.594. The molecular formula is C29H26N2O3. The Morgan fingerprint density at radius 3 is 2.44 bits per heavy atom. The second-order valence-corrected chi connectivity index (χ2v) is 7.91. The van der Waals surface area contributed by atoms with Gasteiger partial charge >= 0.3 is 5.97 Å². The molecule has 0 N–H and O–H groups in total. The minimum atomic E-state index is -0.406. The summed E-state index contributed by atoms with van der Waals surface area (Å²) in [6.45, 7) is 4.40. The molecule has 0 aliphatic rings. The van der Waals surface area contributed by atoms with Gasteiger partial charge in [-0.05, 0) is 48.2 Å². The van der Waals surface area contributed by atoms with Gasteiger partial charge in [0, 0.05) is 5.39 Å². The zero-order valence-corrected chi connectivity index (χ0v) is 19.4. The molecular weight excluding hydrogens is 424 g/mol. The third-order valence-electron chi connectivity index (χ3n) is 5.62. The number of ether oxygens (including phenoxy) is 2. The van der Waals surface area contributed by atoms with Crippen LogP contribution >= 0.6 is 0 Å². The van der Waals surface area contributed by atoms with Crippen LogP contribution in [0.4, 0.5) is 0 Å². The van der Waals surface area contributed by atoms with E-state index in [0.29, 0.717) is 46.7 Å². The van der Waals surface area contributed by atoms with Gasteiger partial charge in [0.25, 0.3) is 0 Å². The standard InChI is InChI=1S/C29H26N2O3/c1-3-5-18-33-29(32)27-24-12-8-9-13-26(24)31-25(4-2)28(27)34-22-16-14-20(15-17-22)23-11-7-6-10-21(23)19-30/h6-17H,3-5,18H2,1-2H3. The Morgan fingerprint density at radius 1 is 0.971 bits per heavy atom. The maximum Gasteiger partial charge on any atom is 0.342 e. The van der Waals surface area contributed by atoms with Crippen LogP contribution < -0.4 is 4.74 Å². The number of fused-ring (bicyclic) bond motifs is 1. The van der Waals surface area contributed by atoms with E-state index in [1.165, 1.54) is 0 Å². The van der Waals surface area contributed by atoms with Crippen LogP contribution in [0.2, 0.25) is 0 Å². The van der Waals surface area contributed by atoms with Crippen LogP contribution in [0, 0.1) is 11.3 Å². The maximum absolute atomic E-state index is 13.2. The van der Waals surface area contributed by atoms with E-state index in [1.807, 2.05) is 73.7 Å². The second kappa shape index (κ2) is 10.6. The van der Waals surface area contributed by atoms with Gasteiger partial charge in [0.1, 0.15) is 11.3 Å². The van der Waals surface area contributed by atoms with Crippen LogP contribution in [0.15, 0.2) is 72.8 Å². The van der Waals surface area contributed by atoms with Gasteiger partial charge in [-0.25, -0.2) is 9.78 Å². The third kappa shape index (κ3) is 4.77. The molecule has 0 amide bonds. The molecule has 0 fully saturated rings. The van der Waals surface area contributed by atoms with E-state index in [0.717, 1.165) is 29.5 Å². The van der Waals surface area contributed by atoms with Crippen LogP contribution in [0.5, 0.6) is 11.5 Å². The number of carbonyl (C=O) groups excluding carboxylic acids is 1. The summed E-state index contributed by atoms with van der Waals surface area (Å²) in [6, 6.07) is 24.7. The first-order valence-corrected chi connectivity index (χ1v) is 11.5. The molecule has 0 unspecified atom stereocenters. The fraction of sp³-hybridized carbons (Fsp3) is 0.207. The summed E-state index contributed by atoms with van der Waals surface area (Å²) in [5, 5.41) is 10.1. The number of pyridine rings is 1.